The van der Waals surface area contributed by atoms with E-state index in [-0.39, 0.29) is 5.82 Å². The van der Waals surface area contributed by atoms with E-state index in [1.165, 1.54) is 12.1 Å². The molecule has 0 amide bonds. The zero-order valence-electron chi connectivity index (χ0n) is 13.3. The van der Waals surface area contributed by atoms with Crippen molar-refractivity contribution in [1.82, 2.24) is 24.7 Å². The van der Waals surface area contributed by atoms with Crippen LogP contribution in [0, 0.1) is 5.82 Å². The van der Waals surface area contributed by atoms with Gasteiger partial charge in [0, 0.05) is 16.6 Å². The summed E-state index contributed by atoms with van der Waals surface area (Å²) in [6.07, 6.45) is 1.76. The van der Waals surface area contributed by atoms with E-state index in [1.54, 1.807) is 24.4 Å². The number of hydrogen-bond acceptors (Lipinski definition) is 3. The highest BCUT2D eigenvalue weighted by Gasteiger charge is 2.16. The lowest BCUT2D eigenvalue weighted by Crippen LogP contribution is -1.99. The van der Waals surface area contributed by atoms with Crippen molar-refractivity contribution in [3.8, 4) is 17.1 Å². The van der Waals surface area contributed by atoms with Crippen LogP contribution in [0.25, 0.3) is 39.1 Å². The number of H-pyrrole nitrogens is 1. The Balaban J connectivity index is 1.84. The van der Waals surface area contributed by atoms with Gasteiger partial charge < -0.3 is 0 Å². The number of aromatic amines is 1. The molecule has 7 heteroatoms. The minimum atomic E-state index is -0.294. The smallest absolute Gasteiger partial charge is 0.166 e. The average molecular weight is 364 g/mol. The van der Waals surface area contributed by atoms with Gasteiger partial charge in [0.25, 0.3) is 0 Å². The van der Waals surface area contributed by atoms with Crippen molar-refractivity contribution in [2.75, 3.05) is 0 Å². The van der Waals surface area contributed by atoms with Gasteiger partial charge >= 0.3 is 0 Å². The lowest BCUT2D eigenvalue weighted by molar-refractivity contribution is 0.628. The zero-order chi connectivity index (χ0) is 17.7. The molecule has 0 aliphatic heterocycles. The summed E-state index contributed by atoms with van der Waals surface area (Å²) in [5.74, 6) is 0.370. The van der Waals surface area contributed by atoms with E-state index in [4.69, 9.17) is 16.6 Å². The topological polar surface area (TPSA) is 59.4 Å². The predicted molar refractivity (Wildman–Crippen MR) is 98.9 cm³/mol. The molecule has 0 aliphatic carbocycles. The summed E-state index contributed by atoms with van der Waals surface area (Å²) in [6, 6.07) is 15.7. The van der Waals surface area contributed by atoms with Crippen LogP contribution in [0.3, 0.4) is 0 Å². The van der Waals surface area contributed by atoms with Gasteiger partial charge in [-0.1, -0.05) is 11.6 Å². The molecule has 0 saturated carbocycles. The molecule has 126 valence electrons. The molecule has 2 aromatic carbocycles. The molecule has 0 aliphatic rings. The highest BCUT2D eigenvalue weighted by Crippen LogP contribution is 2.29. The van der Waals surface area contributed by atoms with Crippen LogP contribution in [0.4, 0.5) is 4.39 Å². The van der Waals surface area contributed by atoms with Gasteiger partial charge in [-0.3, -0.25) is 9.67 Å². The highest BCUT2D eigenvalue weighted by molar-refractivity contribution is 6.29. The third-order valence-electron chi connectivity index (χ3n) is 4.25. The maximum atomic E-state index is 13.4. The van der Waals surface area contributed by atoms with Crippen LogP contribution in [0.15, 0.2) is 60.8 Å². The standard InChI is InChI=1S/C19H11ClFN5/c20-17-8-7-16-19(24-17)26(14-5-6-15-12(9-14)10-22-25-15)18(23-16)11-1-3-13(21)4-2-11/h1-10H,(H,22,25). The molecule has 1 N–H and O–H groups in total. The molecule has 0 radical (unpaired) electrons. The number of aromatic nitrogens is 5. The normalized spacial score (nSPS) is 11.5. The van der Waals surface area contributed by atoms with Gasteiger partial charge in [-0.15, -0.1) is 0 Å². The largest absolute Gasteiger partial charge is 0.278 e. The molecule has 0 fully saturated rings. The van der Waals surface area contributed by atoms with Crippen molar-refractivity contribution in [3.63, 3.8) is 0 Å². The van der Waals surface area contributed by atoms with Crippen molar-refractivity contribution in [1.29, 1.82) is 0 Å². The Bertz CT molecular complexity index is 1260. The maximum absolute atomic E-state index is 13.4. The second kappa shape index (κ2) is 5.64. The van der Waals surface area contributed by atoms with E-state index in [9.17, 15) is 4.39 Å². The van der Waals surface area contributed by atoms with E-state index in [2.05, 4.69) is 15.2 Å². The summed E-state index contributed by atoms with van der Waals surface area (Å²) in [5.41, 5.74) is 3.94. The average Bonchev–Trinajstić information content (AvgIpc) is 3.25. The minimum Gasteiger partial charge on any atom is -0.278 e. The molecule has 5 aromatic rings. The summed E-state index contributed by atoms with van der Waals surface area (Å²) in [6.45, 7) is 0. The van der Waals surface area contributed by atoms with Crippen LogP contribution in [0.2, 0.25) is 5.15 Å². The van der Waals surface area contributed by atoms with Gasteiger partial charge in [0.15, 0.2) is 5.65 Å². The first-order valence-electron chi connectivity index (χ1n) is 7.93. The first kappa shape index (κ1) is 15.0. The van der Waals surface area contributed by atoms with E-state index >= 15 is 0 Å². The van der Waals surface area contributed by atoms with Crippen LogP contribution >= 0.6 is 11.6 Å². The second-order valence-corrected chi connectivity index (χ2v) is 6.28. The maximum Gasteiger partial charge on any atom is 0.166 e. The quantitative estimate of drug-likeness (QED) is 0.460. The predicted octanol–water partition coefficient (Wildman–Crippen LogP) is 4.76. The number of hydrogen-bond donors (Lipinski definition) is 1. The molecule has 3 aromatic heterocycles. The lowest BCUT2D eigenvalue weighted by Gasteiger charge is -2.09. The molecule has 0 bridgehead atoms. The van der Waals surface area contributed by atoms with Gasteiger partial charge in [0.05, 0.1) is 11.7 Å². The van der Waals surface area contributed by atoms with Gasteiger partial charge in [-0.05, 0) is 54.6 Å². The highest BCUT2D eigenvalue weighted by atomic mass is 35.5. The van der Waals surface area contributed by atoms with Crippen LogP contribution < -0.4 is 0 Å². The summed E-state index contributed by atoms with van der Waals surface area (Å²) in [7, 11) is 0. The molecule has 0 atom stereocenters. The molecule has 26 heavy (non-hydrogen) atoms. The zero-order valence-corrected chi connectivity index (χ0v) is 14.1. The van der Waals surface area contributed by atoms with Crippen LogP contribution in [0.5, 0.6) is 0 Å². The van der Waals surface area contributed by atoms with Crippen molar-refractivity contribution in [2.24, 2.45) is 0 Å². The Morgan fingerprint density at radius 3 is 2.65 bits per heavy atom. The summed E-state index contributed by atoms with van der Waals surface area (Å²) >= 11 is 6.11. The third kappa shape index (κ3) is 2.34. The Hall–Kier alpha value is -3.25. The molecular formula is C19H11ClFN5. The van der Waals surface area contributed by atoms with Crippen LogP contribution in [-0.2, 0) is 0 Å². The third-order valence-corrected chi connectivity index (χ3v) is 4.47. The number of imidazole rings is 1. The summed E-state index contributed by atoms with van der Waals surface area (Å²) in [5, 5.41) is 8.35. The van der Waals surface area contributed by atoms with Crippen molar-refractivity contribution < 1.29 is 4.39 Å². The second-order valence-electron chi connectivity index (χ2n) is 5.90. The van der Waals surface area contributed by atoms with Gasteiger partial charge in [-0.25, -0.2) is 14.4 Å². The van der Waals surface area contributed by atoms with Gasteiger partial charge in [0.1, 0.15) is 22.3 Å². The van der Waals surface area contributed by atoms with Gasteiger partial charge in [-0.2, -0.15) is 5.10 Å². The van der Waals surface area contributed by atoms with Gasteiger partial charge in [0.2, 0.25) is 0 Å². The van der Waals surface area contributed by atoms with E-state index in [0.717, 1.165) is 22.2 Å². The molecule has 5 rings (SSSR count). The van der Waals surface area contributed by atoms with Crippen LogP contribution in [-0.4, -0.2) is 24.7 Å². The van der Waals surface area contributed by atoms with E-state index in [0.29, 0.717) is 22.1 Å². The first-order valence-corrected chi connectivity index (χ1v) is 8.31. The number of pyridine rings is 1. The fourth-order valence-corrected chi connectivity index (χ4v) is 3.18. The number of nitrogens with one attached hydrogen (secondary N) is 1. The number of halogens is 2. The molecule has 0 spiro atoms. The molecule has 0 unspecified atom stereocenters. The molecule has 0 saturated heterocycles. The van der Waals surface area contributed by atoms with E-state index < -0.39 is 0 Å². The fraction of sp³-hybridized carbons (Fsp3) is 0. The molecule has 5 nitrogen and oxygen atoms in total. The Labute approximate surface area is 152 Å². The van der Waals surface area contributed by atoms with E-state index in [1.807, 2.05) is 28.8 Å². The SMILES string of the molecule is Fc1ccc(-c2nc3ccc(Cl)nc3n2-c2ccc3[nH]ncc3c2)cc1. The number of rotatable bonds is 2. The van der Waals surface area contributed by atoms with Crippen molar-refractivity contribution in [2.45, 2.75) is 0 Å². The van der Waals surface area contributed by atoms with Crippen LogP contribution in [0.1, 0.15) is 0 Å². The minimum absolute atomic E-state index is 0.294. The summed E-state index contributed by atoms with van der Waals surface area (Å²) in [4.78, 5) is 9.15. The Morgan fingerprint density at radius 2 is 1.81 bits per heavy atom. The van der Waals surface area contributed by atoms with Crippen molar-refractivity contribution in [3.05, 3.63) is 71.8 Å². The number of fused-ring (bicyclic) bond motifs is 2. The monoisotopic (exact) mass is 363 g/mol. The Kier molecular flexibility index (Phi) is 3.26. The first-order chi connectivity index (χ1) is 12.7. The summed E-state index contributed by atoms with van der Waals surface area (Å²) < 4.78 is 15.3. The molecule has 3 heterocycles. The van der Waals surface area contributed by atoms with Crippen molar-refractivity contribution >= 4 is 33.7 Å². The lowest BCUT2D eigenvalue weighted by atomic mass is 10.2. The Morgan fingerprint density at radius 1 is 0.962 bits per heavy atom. The number of nitrogens with zero attached hydrogens (tertiary/aromatic N) is 4. The fourth-order valence-electron chi connectivity index (χ4n) is 3.04. The molecular weight excluding hydrogens is 353 g/mol. The number of benzene rings is 2.